The topological polar surface area (TPSA) is 71.3 Å². The number of carbonyl (C=O) groups is 2. The van der Waals surface area contributed by atoms with E-state index in [0.717, 1.165) is 44.6 Å². The molecule has 2 fully saturated rings. The lowest BCUT2D eigenvalue weighted by atomic mass is 9.72. The van der Waals surface area contributed by atoms with Gasteiger partial charge in [0.25, 0.3) is 5.91 Å². The third-order valence-electron chi connectivity index (χ3n) is 5.87. The van der Waals surface area contributed by atoms with Crippen molar-refractivity contribution < 1.29 is 9.59 Å². The van der Waals surface area contributed by atoms with Gasteiger partial charge >= 0.3 is 0 Å². The molecule has 0 unspecified atom stereocenters. The van der Waals surface area contributed by atoms with Crippen LogP contribution in [0.4, 0.5) is 0 Å². The zero-order valence-electron chi connectivity index (χ0n) is 15.7. The summed E-state index contributed by atoms with van der Waals surface area (Å²) in [6.07, 6.45) is 6.91. The quantitative estimate of drug-likeness (QED) is 0.830. The van der Waals surface area contributed by atoms with E-state index < -0.39 is 0 Å². The summed E-state index contributed by atoms with van der Waals surface area (Å²) in [7, 11) is 1.82. The third-order valence-corrected chi connectivity index (χ3v) is 5.87. The first-order valence-electron chi connectivity index (χ1n) is 9.51. The number of hydrogen-bond acceptors (Lipinski definition) is 4. The van der Waals surface area contributed by atoms with Crippen LogP contribution in [0.15, 0.2) is 36.7 Å². The van der Waals surface area contributed by atoms with Crippen LogP contribution in [0.25, 0.3) is 0 Å². The molecular formula is C20H25N5O2. The molecule has 1 spiro atoms. The zero-order chi connectivity index (χ0) is 18.9. The summed E-state index contributed by atoms with van der Waals surface area (Å²) in [5.41, 5.74) is 1.54. The van der Waals surface area contributed by atoms with Crippen LogP contribution in [0.2, 0.25) is 0 Å². The highest BCUT2D eigenvalue weighted by atomic mass is 16.2. The van der Waals surface area contributed by atoms with Gasteiger partial charge in [-0.1, -0.05) is 6.07 Å². The molecule has 2 aromatic rings. The Kier molecular flexibility index (Phi) is 4.68. The SMILES string of the molecule is Cn1ccc(C(=O)N2CCC3(CCC(=O)N(Cc4ccccn4)C3)CC2)n1. The van der Waals surface area contributed by atoms with E-state index >= 15 is 0 Å². The molecule has 0 N–H and O–H groups in total. The highest BCUT2D eigenvalue weighted by molar-refractivity contribution is 5.92. The van der Waals surface area contributed by atoms with Gasteiger partial charge in [0.15, 0.2) is 0 Å². The van der Waals surface area contributed by atoms with E-state index in [1.165, 1.54) is 0 Å². The molecule has 0 radical (unpaired) electrons. The van der Waals surface area contributed by atoms with Crippen molar-refractivity contribution in [1.82, 2.24) is 24.6 Å². The molecule has 2 amide bonds. The van der Waals surface area contributed by atoms with Gasteiger partial charge in [0.2, 0.25) is 5.91 Å². The number of aryl methyl sites for hydroxylation is 1. The van der Waals surface area contributed by atoms with E-state index in [4.69, 9.17) is 0 Å². The molecule has 2 saturated heterocycles. The molecule has 0 saturated carbocycles. The monoisotopic (exact) mass is 367 g/mol. The summed E-state index contributed by atoms with van der Waals surface area (Å²) in [6, 6.07) is 7.56. The van der Waals surface area contributed by atoms with E-state index in [1.54, 1.807) is 23.1 Å². The molecule has 2 aromatic heterocycles. The zero-order valence-corrected chi connectivity index (χ0v) is 15.7. The van der Waals surface area contributed by atoms with Crippen LogP contribution in [0.1, 0.15) is 41.9 Å². The Morgan fingerprint density at radius 2 is 2.00 bits per heavy atom. The number of aromatic nitrogens is 3. The van der Waals surface area contributed by atoms with E-state index in [1.807, 2.05) is 35.0 Å². The Morgan fingerprint density at radius 3 is 2.67 bits per heavy atom. The van der Waals surface area contributed by atoms with E-state index in [-0.39, 0.29) is 17.2 Å². The highest BCUT2D eigenvalue weighted by Crippen LogP contribution is 2.40. The van der Waals surface area contributed by atoms with Gasteiger partial charge in [0, 0.05) is 45.5 Å². The van der Waals surface area contributed by atoms with E-state index in [2.05, 4.69) is 10.1 Å². The van der Waals surface area contributed by atoms with Gasteiger partial charge in [-0.25, -0.2) is 0 Å². The van der Waals surface area contributed by atoms with Crippen molar-refractivity contribution in [1.29, 1.82) is 0 Å². The van der Waals surface area contributed by atoms with Gasteiger partial charge in [-0.2, -0.15) is 5.10 Å². The Bertz CT molecular complexity index is 824. The maximum absolute atomic E-state index is 12.6. The molecule has 27 heavy (non-hydrogen) atoms. The minimum atomic E-state index is 0.00248. The molecule has 7 heteroatoms. The minimum Gasteiger partial charge on any atom is -0.337 e. The summed E-state index contributed by atoms with van der Waals surface area (Å²) in [6.45, 7) is 2.77. The maximum Gasteiger partial charge on any atom is 0.274 e. The van der Waals surface area contributed by atoms with Gasteiger partial charge in [-0.3, -0.25) is 19.3 Å². The van der Waals surface area contributed by atoms with Crippen LogP contribution in [-0.4, -0.2) is 56.0 Å². The van der Waals surface area contributed by atoms with E-state index in [9.17, 15) is 9.59 Å². The lowest BCUT2D eigenvalue weighted by Gasteiger charge is -2.47. The van der Waals surface area contributed by atoms with Gasteiger partial charge in [-0.05, 0) is 42.9 Å². The number of carbonyl (C=O) groups excluding carboxylic acids is 2. The second-order valence-corrected chi connectivity index (χ2v) is 7.74. The fourth-order valence-corrected chi connectivity index (χ4v) is 4.22. The lowest BCUT2D eigenvalue weighted by molar-refractivity contribution is -0.139. The number of amides is 2. The Hall–Kier alpha value is -2.70. The Morgan fingerprint density at radius 1 is 1.19 bits per heavy atom. The average molecular weight is 367 g/mol. The molecule has 7 nitrogen and oxygen atoms in total. The van der Waals surface area contributed by atoms with Crippen molar-refractivity contribution in [2.24, 2.45) is 12.5 Å². The van der Waals surface area contributed by atoms with Crippen LogP contribution in [0, 0.1) is 5.41 Å². The van der Waals surface area contributed by atoms with Crippen molar-refractivity contribution in [3.8, 4) is 0 Å². The molecule has 0 bridgehead atoms. The number of likely N-dealkylation sites (tertiary alicyclic amines) is 2. The first kappa shape index (κ1) is 17.7. The number of piperidine rings is 2. The van der Waals surface area contributed by atoms with Crippen molar-refractivity contribution in [3.05, 3.63) is 48.0 Å². The number of hydrogen-bond donors (Lipinski definition) is 0. The predicted molar refractivity (Wildman–Crippen MR) is 99.7 cm³/mol. The van der Waals surface area contributed by atoms with Crippen molar-refractivity contribution in [2.45, 2.75) is 32.2 Å². The Labute approximate surface area is 159 Å². The standard InChI is InChI=1S/C20H25N5O2/c1-23-11-6-17(22-23)19(27)24-12-8-20(9-13-24)7-5-18(26)25(15-20)14-16-4-2-3-10-21-16/h2-4,6,10-11H,5,7-9,12-15H2,1H3. The molecule has 0 aliphatic carbocycles. The van der Waals surface area contributed by atoms with E-state index in [0.29, 0.717) is 18.7 Å². The maximum atomic E-state index is 12.6. The van der Waals surface area contributed by atoms with Crippen LogP contribution in [0.3, 0.4) is 0 Å². The molecule has 4 heterocycles. The summed E-state index contributed by atoms with van der Waals surface area (Å²) in [4.78, 5) is 33.2. The van der Waals surface area contributed by atoms with Gasteiger partial charge in [0.05, 0.1) is 12.2 Å². The smallest absolute Gasteiger partial charge is 0.274 e. The summed E-state index contributed by atoms with van der Waals surface area (Å²) >= 11 is 0. The molecule has 0 aromatic carbocycles. The number of nitrogens with zero attached hydrogens (tertiary/aromatic N) is 5. The molecule has 0 atom stereocenters. The molecule has 2 aliphatic heterocycles. The first-order chi connectivity index (χ1) is 13.0. The first-order valence-corrected chi connectivity index (χ1v) is 9.51. The summed E-state index contributed by atoms with van der Waals surface area (Å²) in [5.74, 6) is 0.209. The second kappa shape index (κ2) is 7.13. The minimum absolute atomic E-state index is 0.00248. The van der Waals surface area contributed by atoms with Crippen LogP contribution in [-0.2, 0) is 18.4 Å². The highest BCUT2D eigenvalue weighted by Gasteiger charge is 2.42. The predicted octanol–water partition coefficient (Wildman–Crippen LogP) is 1.86. The normalized spacial score (nSPS) is 19.5. The molecular weight excluding hydrogens is 342 g/mol. The van der Waals surface area contributed by atoms with Crippen LogP contribution >= 0.6 is 0 Å². The second-order valence-electron chi connectivity index (χ2n) is 7.74. The van der Waals surface area contributed by atoms with Crippen molar-refractivity contribution in [3.63, 3.8) is 0 Å². The fraction of sp³-hybridized carbons (Fsp3) is 0.500. The average Bonchev–Trinajstić information content (AvgIpc) is 3.12. The van der Waals surface area contributed by atoms with Gasteiger partial charge < -0.3 is 9.80 Å². The lowest BCUT2D eigenvalue weighted by Crippen LogP contribution is -2.52. The molecule has 4 rings (SSSR count). The van der Waals surface area contributed by atoms with Crippen molar-refractivity contribution in [2.75, 3.05) is 19.6 Å². The summed E-state index contributed by atoms with van der Waals surface area (Å²) in [5, 5.41) is 4.22. The van der Waals surface area contributed by atoms with Gasteiger partial charge in [0.1, 0.15) is 5.69 Å². The van der Waals surface area contributed by atoms with Crippen molar-refractivity contribution >= 4 is 11.8 Å². The third kappa shape index (κ3) is 3.72. The van der Waals surface area contributed by atoms with Crippen LogP contribution < -0.4 is 0 Å². The molecule has 2 aliphatic rings. The Balaban J connectivity index is 1.39. The number of rotatable bonds is 3. The fourth-order valence-electron chi connectivity index (χ4n) is 4.22. The van der Waals surface area contributed by atoms with Crippen LogP contribution in [0.5, 0.6) is 0 Å². The van der Waals surface area contributed by atoms with Gasteiger partial charge in [-0.15, -0.1) is 0 Å². The summed E-state index contributed by atoms with van der Waals surface area (Å²) < 4.78 is 1.65. The number of pyridine rings is 1. The molecule has 142 valence electrons. The largest absolute Gasteiger partial charge is 0.337 e.